The van der Waals surface area contributed by atoms with E-state index < -0.39 is 6.10 Å². The first-order valence-corrected chi connectivity index (χ1v) is 4.88. The summed E-state index contributed by atoms with van der Waals surface area (Å²) in [5, 5.41) is 9.73. The summed E-state index contributed by atoms with van der Waals surface area (Å²) in [6, 6.07) is 0. The second-order valence-corrected chi connectivity index (χ2v) is 4.33. The Hall–Kier alpha value is -0.570. The molecule has 0 radical (unpaired) electrons. The van der Waals surface area contributed by atoms with Crippen molar-refractivity contribution in [1.82, 2.24) is 0 Å². The second-order valence-electron chi connectivity index (χ2n) is 4.33. The molecule has 1 N–H and O–H groups in total. The van der Waals surface area contributed by atoms with Crippen LogP contribution in [0, 0.1) is 11.8 Å². The average molecular weight is 186 g/mol. The lowest BCUT2D eigenvalue weighted by Crippen LogP contribution is -2.42. The Morgan fingerprint density at radius 2 is 2.23 bits per heavy atom. The van der Waals surface area contributed by atoms with Crippen LogP contribution in [0.15, 0.2) is 0 Å². The molecule has 3 heteroatoms. The van der Waals surface area contributed by atoms with Gasteiger partial charge in [-0.15, -0.1) is 0 Å². The van der Waals surface area contributed by atoms with Crippen LogP contribution in [0.2, 0.25) is 0 Å². The Balaban J connectivity index is 2.55. The number of rotatable bonds is 2. The summed E-state index contributed by atoms with van der Waals surface area (Å²) in [6.07, 6.45) is 0.309. The summed E-state index contributed by atoms with van der Waals surface area (Å²) in [5.41, 5.74) is 0. The van der Waals surface area contributed by atoms with Crippen LogP contribution >= 0.6 is 0 Å². The lowest BCUT2D eigenvalue weighted by molar-refractivity contribution is -0.171. The van der Waals surface area contributed by atoms with Crippen LogP contribution in [0.5, 0.6) is 0 Å². The fraction of sp³-hybridized carbons (Fsp3) is 0.900. The first kappa shape index (κ1) is 10.5. The predicted molar refractivity (Wildman–Crippen MR) is 49.1 cm³/mol. The van der Waals surface area contributed by atoms with Crippen LogP contribution in [-0.4, -0.2) is 23.3 Å². The van der Waals surface area contributed by atoms with Gasteiger partial charge >= 0.3 is 5.97 Å². The quantitative estimate of drug-likeness (QED) is 0.662. The molecule has 3 nitrogen and oxygen atoms in total. The molecule has 0 aromatic rings. The van der Waals surface area contributed by atoms with Gasteiger partial charge in [0.05, 0.1) is 12.5 Å². The van der Waals surface area contributed by atoms with E-state index in [1.165, 1.54) is 0 Å². The number of aliphatic hydroxyl groups is 1. The minimum atomic E-state index is -0.486. The van der Waals surface area contributed by atoms with Crippen LogP contribution < -0.4 is 0 Å². The largest absolute Gasteiger partial charge is 0.460 e. The van der Waals surface area contributed by atoms with E-state index in [0.29, 0.717) is 12.3 Å². The molecule has 0 aliphatic carbocycles. The molecule has 0 spiro atoms. The molecule has 1 aliphatic rings. The van der Waals surface area contributed by atoms with E-state index in [9.17, 15) is 9.90 Å². The summed E-state index contributed by atoms with van der Waals surface area (Å²) in [4.78, 5) is 11.1. The molecule has 0 amide bonds. The Kier molecular flexibility index (Phi) is 3.31. The maximum absolute atomic E-state index is 11.1. The van der Waals surface area contributed by atoms with Gasteiger partial charge in [-0.3, -0.25) is 4.79 Å². The number of esters is 1. The van der Waals surface area contributed by atoms with Crippen molar-refractivity contribution in [2.75, 3.05) is 0 Å². The van der Waals surface area contributed by atoms with E-state index in [0.717, 1.165) is 6.42 Å². The van der Waals surface area contributed by atoms with Crippen LogP contribution in [0.3, 0.4) is 0 Å². The smallest absolute Gasteiger partial charge is 0.306 e. The van der Waals surface area contributed by atoms with Crippen molar-refractivity contribution in [2.45, 2.75) is 45.8 Å². The zero-order valence-corrected chi connectivity index (χ0v) is 8.49. The van der Waals surface area contributed by atoms with E-state index in [2.05, 4.69) is 13.8 Å². The molecule has 1 fully saturated rings. The number of carbonyl (C=O) groups excluding carboxylic acids is 1. The van der Waals surface area contributed by atoms with Crippen LogP contribution in [0.25, 0.3) is 0 Å². The molecule has 1 aliphatic heterocycles. The van der Waals surface area contributed by atoms with Gasteiger partial charge in [0, 0.05) is 0 Å². The summed E-state index contributed by atoms with van der Waals surface area (Å²) in [6.45, 7) is 6.00. The second kappa shape index (κ2) is 4.09. The van der Waals surface area contributed by atoms with Gasteiger partial charge in [0.15, 0.2) is 0 Å². The molecule has 0 aromatic heterocycles. The highest BCUT2D eigenvalue weighted by Gasteiger charge is 2.34. The fourth-order valence-electron chi connectivity index (χ4n) is 1.69. The summed E-state index contributed by atoms with van der Waals surface area (Å²) in [5.74, 6) is 0.297. The van der Waals surface area contributed by atoms with E-state index in [1.807, 2.05) is 6.92 Å². The molecule has 0 saturated carbocycles. The molecule has 1 rings (SSSR count). The van der Waals surface area contributed by atoms with Gasteiger partial charge < -0.3 is 9.84 Å². The van der Waals surface area contributed by atoms with Crippen LogP contribution in [0.4, 0.5) is 0 Å². The predicted octanol–water partition coefficient (Wildman–Crippen LogP) is 1.34. The van der Waals surface area contributed by atoms with Gasteiger partial charge in [-0.1, -0.05) is 20.8 Å². The Morgan fingerprint density at radius 1 is 1.62 bits per heavy atom. The van der Waals surface area contributed by atoms with Crippen molar-refractivity contribution in [3.05, 3.63) is 0 Å². The highest BCUT2D eigenvalue weighted by atomic mass is 16.6. The molecule has 1 heterocycles. The van der Waals surface area contributed by atoms with Gasteiger partial charge in [0.1, 0.15) is 6.10 Å². The topological polar surface area (TPSA) is 46.5 Å². The minimum absolute atomic E-state index is 0.0324. The van der Waals surface area contributed by atoms with E-state index >= 15 is 0 Å². The Bertz CT molecular complexity index is 189. The highest BCUT2D eigenvalue weighted by molar-refractivity contribution is 5.70. The van der Waals surface area contributed by atoms with Gasteiger partial charge in [-0.25, -0.2) is 0 Å². The normalized spacial score (nSPS) is 34.8. The van der Waals surface area contributed by atoms with E-state index in [4.69, 9.17) is 4.74 Å². The standard InChI is InChI=1S/C10H18O3/c1-6(2)4-8-10(12)7(3)5-9(11)13-8/h6-8,10,12H,4-5H2,1-3H3/t7-,8-,10+/m0/s1. The number of hydrogen-bond donors (Lipinski definition) is 1. The maximum Gasteiger partial charge on any atom is 0.306 e. The zero-order valence-electron chi connectivity index (χ0n) is 8.49. The summed E-state index contributed by atoms with van der Waals surface area (Å²) < 4.78 is 5.09. The van der Waals surface area contributed by atoms with Crippen LogP contribution in [0.1, 0.15) is 33.6 Å². The van der Waals surface area contributed by atoms with E-state index in [-0.39, 0.29) is 18.0 Å². The Labute approximate surface area is 79.1 Å². The zero-order chi connectivity index (χ0) is 10.0. The monoisotopic (exact) mass is 186 g/mol. The van der Waals surface area contributed by atoms with E-state index in [1.54, 1.807) is 0 Å². The number of hydrogen-bond acceptors (Lipinski definition) is 3. The van der Waals surface area contributed by atoms with Crippen molar-refractivity contribution in [3.63, 3.8) is 0 Å². The van der Waals surface area contributed by atoms with Crippen LogP contribution in [-0.2, 0) is 9.53 Å². The number of carbonyl (C=O) groups is 1. The molecule has 76 valence electrons. The molecule has 0 unspecified atom stereocenters. The van der Waals surface area contributed by atoms with Crippen molar-refractivity contribution in [1.29, 1.82) is 0 Å². The SMILES string of the molecule is CC(C)C[C@@H]1OC(=O)C[C@H](C)[C@H]1O. The third-order valence-electron chi connectivity index (χ3n) is 2.44. The first-order chi connectivity index (χ1) is 6.00. The van der Waals surface area contributed by atoms with Gasteiger partial charge in [0.25, 0.3) is 0 Å². The van der Waals surface area contributed by atoms with Crippen molar-refractivity contribution < 1.29 is 14.6 Å². The molecule has 1 saturated heterocycles. The average Bonchev–Trinajstić information content (AvgIpc) is 1.98. The molecular formula is C10H18O3. The Morgan fingerprint density at radius 3 is 2.77 bits per heavy atom. The number of cyclic esters (lactones) is 1. The number of ether oxygens (including phenoxy) is 1. The van der Waals surface area contributed by atoms with Gasteiger partial charge in [-0.05, 0) is 18.3 Å². The highest BCUT2D eigenvalue weighted by Crippen LogP contribution is 2.25. The summed E-state index contributed by atoms with van der Waals surface area (Å²) in [7, 11) is 0. The molecule has 13 heavy (non-hydrogen) atoms. The molecule has 3 atom stereocenters. The summed E-state index contributed by atoms with van der Waals surface area (Å²) >= 11 is 0. The minimum Gasteiger partial charge on any atom is -0.460 e. The fourth-order valence-corrected chi connectivity index (χ4v) is 1.69. The lowest BCUT2D eigenvalue weighted by Gasteiger charge is -2.33. The van der Waals surface area contributed by atoms with Gasteiger partial charge in [-0.2, -0.15) is 0 Å². The third-order valence-corrected chi connectivity index (χ3v) is 2.44. The molecular weight excluding hydrogens is 168 g/mol. The third kappa shape index (κ3) is 2.69. The van der Waals surface area contributed by atoms with Gasteiger partial charge in [0.2, 0.25) is 0 Å². The lowest BCUT2D eigenvalue weighted by atomic mass is 9.89. The molecule has 0 bridgehead atoms. The first-order valence-electron chi connectivity index (χ1n) is 4.88. The van der Waals surface area contributed by atoms with Crippen molar-refractivity contribution in [3.8, 4) is 0 Å². The molecule has 0 aromatic carbocycles. The van der Waals surface area contributed by atoms with Crippen molar-refractivity contribution >= 4 is 5.97 Å². The maximum atomic E-state index is 11.1. The van der Waals surface area contributed by atoms with Crippen molar-refractivity contribution in [2.24, 2.45) is 11.8 Å². The number of aliphatic hydroxyl groups excluding tert-OH is 1.